The number of phenolic OH excluding ortho intramolecular Hbond substituents is 1. The molecule has 5 nitrogen and oxygen atoms in total. The van der Waals surface area contributed by atoms with Crippen molar-refractivity contribution in [2.24, 2.45) is 0 Å². The molecule has 5 heteroatoms. The molecule has 0 radical (unpaired) electrons. The van der Waals surface area contributed by atoms with Gasteiger partial charge in [-0.05, 0) is 19.1 Å². The van der Waals surface area contributed by atoms with Crippen LogP contribution in [0.25, 0.3) is 11.0 Å². The third-order valence-corrected chi connectivity index (χ3v) is 2.15. The maximum Gasteiger partial charge on any atom is 0.341 e. The van der Waals surface area contributed by atoms with E-state index in [-0.39, 0.29) is 11.3 Å². The molecule has 0 aliphatic carbocycles. The van der Waals surface area contributed by atoms with Crippen LogP contribution in [-0.4, -0.2) is 28.2 Å². The van der Waals surface area contributed by atoms with Crippen molar-refractivity contribution in [1.29, 1.82) is 0 Å². The Morgan fingerprint density at radius 2 is 2.27 bits per heavy atom. The van der Waals surface area contributed by atoms with Gasteiger partial charge in [-0.25, -0.2) is 9.78 Å². The molecule has 0 amide bonds. The van der Waals surface area contributed by atoms with Gasteiger partial charge in [0.2, 0.25) is 0 Å². The smallest absolute Gasteiger partial charge is 0.341 e. The number of hydrogen-bond acceptors (Lipinski definition) is 4. The molecule has 0 saturated heterocycles. The summed E-state index contributed by atoms with van der Waals surface area (Å²) in [6.45, 7) is 1.78. The summed E-state index contributed by atoms with van der Waals surface area (Å²) in [5.74, 6) is -0.0407. The van der Waals surface area contributed by atoms with Crippen LogP contribution in [-0.2, 0) is 4.74 Å². The lowest BCUT2D eigenvalue weighted by Gasteiger charge is -2.01. The molecule has 1 heterocycles. The number of nitrogens with zero attached hydrogens (tertiary/aromatic N) is 1. The molecule has 0 atom stereocenters. The minimum Gasteiger partial charge on any atom is -0.505 e. The molecule has 2 N–H and O–H groups in total. The standard InChI is InChI=1S/C10H10N2O3/c1-5-11-7-4-3-6(10(14)15-2)9(13)8(7)12-5/h3-4,13H,1-2H3,(H,11,12). The van der Waals surface area contributed by atoms with Crippen molar-refractivity contribution in [3.05, 3.63) is 23.5 Å². The van der Waals surface area contributed by atoms with Crippen LogP contribution < -0.4 is 0 Å². The average Bonchev–Trinajstić information content (AvgIpc) is 2.59. The number of methoxy groups -OCH3 is 1. The fraction of sp³-hybridized carbons (Fsp3) is 0.200. The summed E-state index contributed by atoms with van der Waals surface area (Å²) in [6, 6.07) is 3.18. The van der Waals surface area contributed by atoms with Gasteiger partial charge in [0.25, 0.3) is 0 Å². The summed E-state index contributed by atoms with van der Waals surface area (Å²) in [4.78, 5) is 18.3. The molecule has 0 unspecified atom stereocenters. The summed E-state index contributed by atoms with van der Waals surface area (Å²) in [5.41, 5.74) is 1.20. The second kappa shape index (κ2) is 3.27. The highest BCUT2D eigenvalue weighted by Gasteiger charge is 2.15. The third-order valence-electron chi connectivity index (χ3n) is 2.15. The number of esters is 1. The highest BCUT2D eigenvalue weighted by molar-refractivity contribution is 5.98. The fourth-order valence-electron chi connectivity index (χ4n) is 1.46. The fourth-order valence-corrected chi connectivity index (χ4v) is 1.46. The molecule has 0 aliphatic heterocycles. The van der Waals surface area contributed by atoms with Crippen molar-refractivity contribution >= 4 is 17.0 Å². The first-order valence-electron chi connectivity index (χ1n) is 4.40. The van der Waals surface area contributed by atoms with Crippen LogP contribution in [0, 0.1) is 6.92 Å². The van der Waals surface area contributed by atoms with Crippen LogP contribution in [0.4, 0.5) is 0 Å². The number of rotatable bonds is 1. The van der Waals surface area contributed by atoms with E-state index in [9.17, 15) is 9.90 Å². The Kier molecular flexibility index (Phi) is 2.07. The first-order valence-corrected chi connectivity index (χ1v) is 4.40. The quantitative estimate of drug-likeness (QED) is 0.691. The summed E-state index contributed by atoms with van der Waals surface area (Å²) >= 11 is 0. The molecule has 2 aromatic rings. The number of benzene rings is 1. The van der Waals surface area contributed by atoms with Gasteiger partial charge in [-0.15, -0.1) is 0 Å². The van der Waals surface area contributed by atoms with E-state index in [1.165, 1.54) is 13.2 Å². The van der Waals surface area contributed by atoms with E-state index < -0.39 is 5.97 Å². The Bertz CT molecular complexity index is 531. The topological polar surface area (TPSA) is 75.2 Å². The number of aromatic hydroxyl groups is 1. The molecule has 0 saturated carbocycles. The molecule has 0 aliphatic rings. The van der Waals surface area contributed by atoms with Crippen LogP contribution in [0.5, 0.6) is 5.75 Å². The van der Waals surface area contributed by atoms with E-state index in [1.807, 2.05) is 0 Å². The van der Waals surface area contributed by atoms with E-state index in [1.54, 1.807) is 13.0 Å². The predicted octanol–water partition coefficient (Wildman–Crippen LogP) is 1.36. The Morgan fingerprint density at radius 3 is 2.93 bits per heavy atom. The molecule has 2 rings (SSSR count). The van der Waals surface area contributed by atoms with Crippen molar-refractivity contribution in [2.75, 3.05) is 7.11 Å². The van der Waals surface area contributed by atoms with Crippen LogP contribution in [0.2, 0.25) is 0 Å². The number of phenols is 1. The number of hydrogen-bond donors (Lipinski definition) is 2. The zero-order valence-corrected chi connectivity index (χ0v) is 8.37. The van der Waals surface area contributed by atoms with E-state index in [4.69, 9.17) is 0 Å². The Balaban J connectivity index is 2.69. The second-order valence-electron chi connectivity index (χ2n) is 3.17. The second-order valence-corrected chi connectivity index (χ2v) is 3.17. The number of aryl methyl sites for hydroxylation is 1. The number of aromatic amines is 1. The Labute approximate surface area is 85.7 Å². The van der Waals surface area contributed by atoms with Gasteiger partial charge in [-0.1, -0.05) is 0 Å². The molecule has 1 aromatic carbocycles. The van der Waals surface area contributed by atoms with E-state index in [0.717, 1.165) is 0 Å². The van der Waals surface area contributed by atoms with Gasteiger partial charge in [0.1, 0.15) is 16.9 Å². The van der Waals surface area contributed by atoms with E-state index in [0.29, 0.717) is 16.9 Å². The number of aromatic nitrogens is 2. The Hall–Kier alpha value is -2.04. The highest BCUT2D eigenvalue weighted by atomic mass is 16.5. The van der Waals surface area contributed by atoms with Crippen molar-refractivity contribution in [2.45, 2.75) is 6.92 Å². The molecule has 0 spiro atoms. The summed E-state index contributed by atoms with van der Waals surface area (Å²) < 4.78 is 4.54. The first kappa shape index (κ1) is 9.51. The normalized spacial score (nSPS) is 10.5. The van der Waals surface area contributed by atoms with Gasteiger partial charge in [-0.3, -0.25) is 0 Å². The van der Waals surface area contributed by atoms with Crippen molar-refractivity contribution in [3.63, 3.8) is 0 Å². The van der Waals surface area contributed by atoms with Gasteiger partial charge in [0.05, 0.1) is 12.6 Å². The van der Waals surface area contributed by atoms with Crippen LogP contribution in [0.3, 0.4) is 0 Å². The monoisotopic (exact) mass is 206 g/mol. The van der Waals surface area contributed by atoms with Crippen molar-refractivity contribution < 1.29 is 14.6 Å². The highest BCUT2D eigenvalue weighted by Crippen LogP contribution is 2.27. The van der Waals surface area contributed by atoms with Gasteiger partial charge in [0.15, 0.2) is 5.75 Å². The third kappa shape index (κ3) is 1.41. The molecule has 1 aromatic heterocycles. The number of imidazole rings is 1. The molecule has 15 heavy (non-hydrogen) atoms. The molecular weight excluding hydrogens is 196 g/mol. The number of nitrogens with one attached hydrogen (secondary N) is 1. The lowest BCUT2D eigenvalue weighted by Crippen LogP contribution is -2.01. The maximum absolute atomic E-state index is 11.3. The average molecular weight is 206 g/mol. The van der Waals surface area contributed by atoms with Crippen molar-refractivity contribution in [3.8, 4) is 5.75 Å². The van der Waals surface area contributed by atoms with E-state index >= 15 is 0 Å². The van der Waals surface area contributed by atoms with Crippen LogP contribution in [0.1, 0.15) is 16.2 Å². The lowest BCUT2D eigenvalue weighted by molar-refractivity contribution is 0.0598. The summed E-state index contributed by atoms with van der Waals surface area (Å²) in [7, 11) is 1.27. The van der Waals surface area contributed by atoms with Gasteiger partial charge in [-0.2, -0.15) is 0 Å². The number of fused-ring (bicyclic) bond motifs is 1. The van der Waals surface area contributed by atoms with Gasteiger partial charge in [0, 0.05) is 0 Å². The van der Waals surface area contributed by atoms with Crippen LogP contribution >= 0.6 is 0 Å². The first-order chi connectivity index (χ1) is 7.13. The minimum absolute atomic E-state index is 0.122. The van der Waals surface area contributed by atoms with Gasteiger partial charge < -0.3 is 14.8 Å². The van der Waals surface area contributed by atoms with Gasteiger partial charge >= 0.3 is 5.97 Å². The summed E-state index contributed by atoms with van der Waals surface area (Å²) in [5, 5.41) is 9.78. The number of H-pyrrole nitrogens is 1. The SMILES string of the molecule is COC(=O)c1ccc2[nH]c(C)nc2c1O. The largest absolute Gasteiger partial charge is 0.505 e. The minimum atomic E-state index is -0.574. The molecular formula is C10H10N2O3. The van der Waals surface area contributed by atoms with E-state index in [2.05, 4.69) is 14.7 Å². The van der Waals surface area contributed by atoms with Crippen LogP contribution in [0.15, 0.2) is 12.1 Å². The zero-order chi connectivity index (χ0) is 11.0. The summed E-state index contributed by atoms with van der Waals surface area (Å²) in [6.07, 6.45) is 0. The zero-order valence-electron chi connectivity index (χ0n) is 8.37. The number of carbonyl (C=O) groups is 1. The molecule has 0 bridgehead atoms. The Morgan fingerprint density at radius 1 is 1.53 bits per heavy atom. The molecule has 0 fully saturated rings. The molecule has 78 valence electrons. The maximum atomic E-state index is 11.3. The number of ether oxygens (including phenoxy) is 1. The van der Waals surface area contributed by atoms with Crippen molar-refractivity contribution in [1.82, 2.24) is 9.97 Å². The number of carbonyl (C=O) groups excluding carboxylic acids is 1. The lowest BCUT2D eigenvalue weighted by atomic mass is 10.2. The predicted molar refractivity (Wildman–Crippen MR) is 53.8 cm³/mol.